The third-order valence-corrected chi connectivity index (χ3v) is 6.71. The molecule has 0 unspecified atom stereocenters. The first-order chi connectivity index (χ1) is 15.5. The smallest absolute Gasteiger partial charge is 0.232 e. The molecule has 166 valence electrons. The van der Waals surface area contributed by atoms with Gasteiger partial charge in [0.25, 0.3) is 0 Å². The quantitative estimate of drug-likeness (QED) is 0.239. The summed E-state index contributed by atoms with van der Waals surface area (Å²) in [5, 5.41) is 5.49. The van der Waals surface area contributed by atoms with Crippen molar-refractivity contribution in [2.45, 2.75) is 26.2 Å². The molecule has 0 radical (unpaired) electrons. The van der Waals surface area contributed by atoms with Crippen LogP contribution < -0.4 is 14.8 Å². The average molecular weight is 450 g/mol. The number of benzene rings is 3. The summed E-state index contributed by atoms with van der Waals surface area (Å²) in [4.78, 5) is 4.76. The minimum absolute atomic E-state index is 0.109. The second kappa shape index (κ2) is 9.44. The molecule has 4 rings (SSSR count). The van der Waals surface area contributed by atoms with Crippen LogP contribution in [-0.2, 0) is 10.0 Å². The van der Waals surface area contributed by atoms with E-state index in [4.69, 9.17) is 9.72 Å². The van der Waals surface area contributed by atoms with E-state index in [9.17, 15) is 8.42 Å². The zero-order valence-corrected chi connectivity index (χ0v) is 19.1. The first kappa shape index (κ1) is 21.9. The van der Waals surface area contributed by atoms with Crippen molar-refractivity contribution >= 4 is 48.9 Å². The summed E-state index contributed by atoms with van der Waals surface area (Å²) in [5.74, 6) is 0.654. The van der Waals surface area contributed by atoms with Crippen molar-refractivity contribution in [1.29, 1.82) is 0 Å². The Labute approximate surface area is 188 Å². The largest absolute Gasteiger partial charge is 0.494 e. The highest BCUT2D eigenvalue weighted by Crippen LogP contribution is 2.37. The molecule has 1 aromatic heterocycles. The van der Waals surface area contributed by atoms with Crippen LogP contribution in [0.3, 0.4) is 0 Å². The van der Waals surface area contributed by atoms with Crippen LogP contribution in [0.25, 0.3) is 21.8 Å². The number of nitrogens with one attached hydrogen (secondary N) is 2. The normalized spacial score (nSPS) is 11.6. The van der Waals surface area contributed by atoms with Gasteiger partial charge < -0.3 is 10.1 Å². The number of methoxy groups -OCH3 is 1. The fourth-order valence-electron chi connectivity index (χ4n) is 3.74. The summed E-state index contributed by atoms with van der Waals surface area (Å²) in [5.41, 5.74) is 3.93. The number of hydrogen-bond acceptors (Lipinski definition) is 5. The van der Waals surface area contributed by atoms with Gasteiger partial charge in [-0.15, -0.1) is 0 Å². The Morgan fingerprint density at radius 1 is 0.906 bits per heavy atom. The lowest BCUT2D eigenvalue weighted by Gasteiger charge is -2.17. The van der Waals surface area contributed by atoms with Gasteiger partial charge in [-0.1, -0.05) is 56.2 Å². The van der Waals surface area contributed by atoms with Crippen LogP contribution in [0.5, 0.6) is 5.75 Å². The maximum absolute atomic E-state index is 12.4. The van der Waals surface area contributed by atoms with Crippen LogP contribution in [-0.4, -0.2) is 26.3 Å². The van der Waals surface area contributed by atoms with Gasteiger partial charge in [-0.3, -0.25) is 4.72 Å². The summed E-state index contributed by atoms with van der Waals surface area (Å²) >= 11 is 0. The molecule has 0 aliphatic heterocycles. The minimum Gasteiger partial charge on any atom is -0.494 e. The Morgan fingerprint density at radius 3 is 2.19 bits per heavy atom. The zero-order valence-electron chi connectivity index (χ0n) is 18.3. The molecular weight excluding hydrogens is 422 g/mol. The zero-order chi connectivity index (χ0) is 22.6. The summed E-state index contributed by atoms with van der Waals surface area (Å²) in [6, 6.07) is 21.2. The van der Waals surface area contributed by atoms with Crippen molar-refractivity contribution in [2.24, 2.45) is 0 Å². The lowest BCUT2D eigenvalue weighted by atomic mass is 10.1. The van der Waals surface area contributed by atoms with E-state index in [2.05, 4.69) is 10.0 Å². The summed E-state index contributed by atoms with van der Waals surface area (Å²) in [6.07, 6.45) is 2.51. The van der Waals surface area contributed by atoms with Crippen molar-refractivity contribution in [3.05, 3.63) is 66.7 Å². The molecule has 0 bridgehead atoms. The Hall–Kier alpha value is -3.32. The number of nitrogens with zero attached hydrogens (tertiary/aromatic N) is 1. The van der Waals surface area contributed by atoms with Gasteiger partial charge in [0.05, 0.1) is 41.0 Å². The standard InChI is InChI=1S/C25H27N3O3S/c1-3-4-9-16-32(29,30)28-18-14-15-23(24(17-18)31-2)27-25-19-10-5-7-12-21(19)26-22-13-8-6-11-20(22)25/h5-8,10-15,17,28H,3-4,9,16H2,1-2H3,(H,26,27). The van der Waals surface area contributed by atoms with Gasteiger partial charge >= 0.3 is 0 Å². The third kappa shape index (κ3) is 4.78. The van der Waals surface area contributed by atoms with Crippen LogP contribution >= 0.6 is 0 Å². The average Bonchev–Trinajstić information content (AvgIpc) is 2.79. The van der Waals surface area contributed by atoms with Gasteiger partial charge in [-0.25, -0.2) is 13.4 Å². The molecule has 0 fully saturated rings. The Balaban J connectivity index is 1.69. The molecule has 0 saturated carbocycles. The topological polar surface area (TPSA) is 80.3 Å². The highest BCUT2D eigenvalue weighted by atomic mass is 32.2. The molecule has 32 heavy (non-hydrogen) atoms. The maximum atomic E-state index is 12.4. The molecule has 6 nitrogen and oxygen atoms in total. The van der Waals surface area contributed by atoms with Crippen molar-refractivity contribution in [1.82, 2.24) is 4.98 Å². The van der Waals surface area contributed by atoms with Gasteiger partial charge in [0.15, 0.2) is 0 Å². The summed E-state index contributed by atoms with van der Waals surface area (Å²) in [7, 11) is -1.82. The second-order valence-electron chi connectivity index (χ2n) is 7.69. The van der Waals surface area contributed by atoms with Crippen LogP contribution in [0, 0.1) is 0 Å². The SMILES string of the molecule is CCCCCS(=O)(=O)Nc1ccc(Nc2c3ccccc3nc3ccccc23)c(OC)c1. The van der Waals surface area contributed by atoms with Gasteiger partial charge in [-0.05, 0) is 30.7 Å². The molecule has 4 aromatic rings. The number of ether oxygens (including phenoxy) is 1. The van der Waals surface area contributed by atoms with Gasteiger partial charge in [0.1, 0.15) is 5.75 Å². The molecule has 0 amide bonds. The lowest BCUT2D eigenvalue weighted by Crippen LogP contribution is -2.16. The fourth-order valence-corrected chi connectivity index (χ4v) is 4.91. The number of pyridine rings is 1. The number of fused-ring (bicyclic) bond motifs is 2. The van der Waals surface area contributed by atoms with E-state index in [0.29, 0.717) is 17.9 Å². The molecule has 0 spiro atoms. The monoisotopic (exact) mass is 449 g/mol. The second-order valence-corrected chi connectivity index (χ2v) is 9.53. The van der Waals surface area contributed by atoms with Crippen molar-refractivity contribution < 1.29 is 13.2 Å². The van der Waals surface area contributed by atoms with Crippen LogP contribution in [0.1, 0.15) is 26.2 Å². The van der Waals surface area contributed by atoms with Crippen LogP contribution in [0.4, 0.5) is 17.1 Å². The molecule has 0 aliphatic rings. The fraction of sp³-hybridized carbons (Fsp3) is 0.240. The van der Waals surface area contributed by atoms with E-state index in [0.717, 1.165) is 46.0 Å². The first-order valence-electron chi connectivity index (χ1n) is 10.7. The number of para-hydroxylation sites is 2. The number of unbranched alkanes of at least 4 members (excludes halogenated alkanes) is 2. The molecule has 7 heteroatoms. The van der Waals surface area contributed by atoms with Gasteiger partial charge in [0.2, 0.25) is 10.0 Å². The molecule has 0 atom stereocenters. The molecule has 0 aliphatic carbocycles. The lowest BCUT2D eigenvalue weighted by molar-refractivity contribution is 0.417. The molecule has 1 heterocycles. The van der Waals surface area contributed by atoms with Crippen LogP contribution in [0.15, 0.2) is 66.7 Å². The Bertz CT molecular complexity index is 1300. The number of rotatable bonds is 9. The summed E-state index contributed by atoms with van der Waals surface area (Å²) in [6.45, 7) is 2.05. The van der Waals surface area contributed by atoms with Gasteiger partial charge in [0, 0.05) is 16.8 Å². The first-order valence-corrected chi connectivity index (χ1v) is 12.4. The van der Waals surface area contributed by atoms with E-state index in [-0.39, 0.29) is 5.75 Å². The van der Waals surface area contributed by atoms with E-state index in [1.807, 2.05) is 61.5 Å². The third-order valence-electron chi connectivity index (χ3n) is 5.34. The number of sulfonamides is 1. The Morgan fingerprint density at radius 2 is 1.56 bits per heavy atom. The van der Waals surface area contributed by atoms with Crippen molar-refractivity contribution in [3.63, 3.8) is 0 Å². The molecular formula is C25H27N3O3S. The van der Waals surface area contributed by atoms with Crippen molar-refractivity contribution in [3.8, 4) is 5.75 Å². The molecule has 0 saturated heterocycles. The highest BCUT2D eigenvalue weighted by molar-refractivity contribution is 7.92. The van der Waals surface area contributed by atoms with Crippen molar-refractivity contribution in [2.75, 3.05) is 22.9 Å². The number of anilines is 3. The predicted octanol–water partition coefficient (Wildman–Crippen LogP) is 6.07. The number of hydrogen-bond donors (Lipinski definition) is 2. The van der Waals surface area contributed by atoms with E-state index in [1.54, 1.807) is 19.2 Å². The predicted molar refractivity (Wildman–Crippen MR) is 132 cm³/mol. The molecule has 3 aromatic carbocycles. The maximum Gasteiger partial charge on any atom is 0.232 e. The number of aromatic nitrogens is 1. The minimum atomic E-state index is -3.40. The van der Waals surface area contributed by atoms with E-state index >= 15 is 0 Å². The summed E-state index contributed by atoms with van der Waals surface area (Å²) < 4.78 is 33.0. The highest BCUT2D eigenvalue weighted by Gasteiger charge is 2.14. The van der Waals surface area contributed by atoms with Crippen LogP contribution in [0.2, 0.25) is 0 Å². The van der Waals surface area contributed by atoms with Gasteiger partial charge in [-0.2, -0.15) is 0 Å². The molecule has 2 N–H and O–H groups in total. The van der Waals surface area contributed by atoms with E-state index < -0.39 is 10.0 Å². The Kier molecular flexibility index (Phi) is 6.46. The van der Waals surface area contributed by atoms with E-state index in [1.165, 1.54) is 0 Å².